The lowest BCUT2D eigenvalue weighted by molar-refractivity contribution is 0.0299. The molecule has 54 heavy (non-hydrogen) atoms. The smallest absolute Gasteiger partial charge is 0.208 e. The molecule has 4 N–H and O–H groups in total. The molecular weight excluding hydrogens is 697 g/mol. The van der Waals surface area contributed by atoms with Gasteiger partial charge in [0.15, 0.2) is 17.3 Å². The van der Waals surface area contributed by atoms with Crippen molar-refractivity contribution in [1.29, 1.82) is 0 Å². The summed E-state index contributed by atoms with van der Waals surface area (Å²) in [4.78, 5) is 26.3. The molecule has 9 heteroatoms. The van der Waals surface area contributed by atoms with Gasteiger partial charge in [-0.1, -0.05) is 96.0 Å². The van der Waals surface area contributed by atoms with E-state index in [9.17, 15) is 23.1 Å². The zero-order valence-corrected chi connectivity index (χ0v) is 33.2. The predicted molar refractivity (Wildman–Crippen MR) is 215 cm³/mol. The van der Waals surface area contributed by atoms with Crippen LogP contribution in [0.5, 0.6) is 17.2 Å². The first-order chi connectivity index (χ1) is 25.6. The number of nitrogen functional groups attached to an aromatic ring is 1. The number of nitrogens with two attached hydrogens (primary N) is 1. The molecule has 0 spiro atoms. The number of carbonyl (C=O) groups is 2. The molecule has 0 aromatic heterocycles. The normalized spacial score (nSPS) is 21.6. The van der Waals surface area contributed by atoms with Crippen LogP contribution < -0.4 is 15.2 Å². The van der Waals surface area contributed by atoms with Crippen molar-refractivity contribution < 1.29 is 27.9 Å². The number of rotatable bonds is 9. The minimum atomic E-state index is -3.14. The second-order valence-corrected chi connectivity index (χ2v) is 18.1. The minimum absolute atomic E-state index is 0.00487. The molecule has 0 radical (unpaired) electrons. The molecule has 1 saturated carbocycles. The van der Waals surface area contributed by atoms with Gasteiger partial charge in [-0.2, -0.15) is 0 Å². The summed E-state index contributed by atoms with van der Waals surface area (Å²) >= 11 is 0. The number of sulfonamides is 1. The largest absolute Gasteiger partial charge is 0.507 e. The Labute approximate surface area is 320 Å². The zero-order chi connectivity index (χ0) is 39.0. The van der Waals surface area contributed by atoms with Crippen molar-refractivity contribution in [2.45, 2.75) is 97.3 Å². The number of anilines is 1. The van der Waals surface area contributed by atoms with Crippen LogP contribution in [0.15, 0.2) is 72.8 Å². The summed E-state index contributed by atoms with van der Waals surface area (Å²) in [6, 6.07) is 22.6. The number of aromatic hydroxyl groups is 1. The van der Waals surface area contributed by atoms with Gasteiger partial charge in [-0.3, -0.25) is 9.59 Å². The van der Waals surface area contributed by atoms with Crippen LogP contribution in [-0.4, -0.2) is 37.9 Å². The average Bonchev–Trinajstić information content (AvgIpc) is 3.13. The molecule has 4 aromatic carbocycles. The molecule has 7 rings (SSSR count). The number of benzene rings is 4. The van der Waals surface area contributed by atoms with Gasteiger partial charge in [-0.05, 0) is 102 Å². The first kappa shape index (κ1) is 39.2. The number of unbranched alkanes of at least 4 members (excludes halogenated alkanes) is 1. The van der Waals surface area contributed by atoms with Crippen LogP contribution in [0, 0.1) is 11.3 Å². The van der Waals surface area contributed by atoms with E-state index in [1.54, 1.807) is 36.4 Å². The van der Waals surface area contributed by atoms with E-state index >= 15 is 0 Å². The highest BCUT2D eigenvalue weighted by molar-refractivity contribution is 7.88. The van der Waals surface area contributed by atoms with Crippen LogP contribution in [0.2, 0.25) is 0 Å². The van der Waals surface area contributed by atoms with Gasteiger partial charge in [0, 0.05) is 23.7 Å². The Bertz CT molecular complexity index is 2180. The minimum Gasteiger partial charge on any atom is -0.507 e. The maximum atomic E-state index is 13.2. The van der Waals surface area contributed by atoms with Crippen molar-refractivity contribution in [1.82, 2.24) is 4.72 Å². The topological polar surface area (TPSA) is 136 Å². The monoisotopic (exact) mass is 750 g/mol. The van der Waals surface area contributed by atoms with Gasteiger partial charge in [-0.15, -0.1) is 0 Å². The molecule has 0 saturated heterocycles. The van der Waals surface area contributed by atoms with E-state index in [0.717, 1.165) is 44.1 Å². The summed E-state index contributed by atoms with van der Waals surface area (Å²) in [6.45, 7) is 11.9. The first-order valence-electron chi connectivity index (χ1n) is 19.2. The van der Waals surface area contributed by atoms with E-state index < -0.39 is 15.8 Å². The highest BCUT2D eigenvalue weighted by atomic mass is 32.2. The van der Waals surface area contributed by atoms with Crippen LogP contribution in [0.1, 0.15) is 133 Å². The number of phenolic OH excluding ortho intramolecular Hbond substituents is 1. The number of fused-ring (bicyclic) bond motifs is 5. The molecule has 1 fully saturated rings. The van der Waals surface area contributed by atoms with Gasteiger partial charge in [-0.25, -0.2) is 13.1 Å². The summed E-state index contributed by atoms with van der Waals surface area (Å²) in [7, 11) is -3.14. The zero-order valence-electron chi connectivity index (χ0n) is 32.4. The Hall–Kier alpha value is -4.47. The summed E-state index contributed by atoms with van der Waals surface area (Å²) in [5.41, 5.74) is 12.4. The third kappa shape index (κ3) is 7.71. The third-order valence-corrected chi connectivity index (χ3v) is 12.7. The number of ketones is 2. The highest BCUT2D eigenvalue weighted by Crippen LogP contribution is 2.57. The van der Waals surface area contributed by atoms with Gasteiger partial charge in [0.25, 0.3) is 0 Å². The van der Waals surface area contributed by atoms with Gasteiger partial charge in [0.1, 0.15) is 11.5 Å². The Morgan fingerprint density at radius 3 is 2.35 bits per heavy atom. The average molecular weight is 751 g/mol. The van der Waals surface area contributed by atoms with Crippen LogP contribution in [0.4, 0.5) is 5.69 Å². The fourth-order valence-electron chi connectivity index (χ4n) is 9.12. The molecule has 3 unspecified atom stereocenters. The Morgan fingerprint density at radius 1 is 0.944 bits per heavy atom. The molecule has 0 amide bonds. The molecular formula is C45H54N2O6S. The molecule has 286 valence electrons. The van der Waals surface area contributed by atoms with E-state index in [1.807, 2.05) is 12.1 Å². The van der Waals surface area contributed by atoms with Crippen LogP contribution in [-0.2, 0) is 28.3 Å². The number of para-hydroxylation sites is 1. The molecule has 8 nitrogen and oxygen atoms in total. The standard InChI is InChI=1S/C24H21NO4.C21H33NO2S/c1-2-3-7-14-10-11-16-17(12-14)24(28)20-18(26)13-19(22(25)21(20)23(16)27)29-15-8-5-4-6-9-15;1-15(2)16-7-9-18-17(13-16)8-10-19-20(3,14-22-25(5,23)24)11-6-12-21(18,19)4/h4-6,8-13,26H,2-3,7,25H2,1H3;7,9,13,15,19,22H,6,8,10-12,14H2,1-5H3. The van der Waals surface area contributed by atoms with Crippen molar-refractivity contribution in [2.24, 2.45) is 11.3 Å². The van der Waals surface area contributed by atoms with Crippen molar-refractivity contribution >= 4 is 27.3 Å². The van der Waals surface area contributed by atoms with Gasteiger partial charge >= 0.3 is 0 Å². The van der Waals surface area contributed by atoms with E-state index in [2.05, 4.69) is 57.5 Å². The van der Waals surface area contributed by atoms with E-state index in [4.69, 9.17) is 10.5 Å². The maximum absolute atomic E-state index is 13.2. The number of hydrogen-bond donors (Lipinski definition) is 3. The van der Waals surface area contributed by atoms with Gasteiger partial charge in [0.05, 0.1) is 23.1 Å². The third-order valence-electron chi connectivity index (χ3n) is 12.0. The number of ether oxygens (including phenoxy) is 1. The van der Waals surface area contributed by atoms with Crippen LogP contribution in [0.25, 0.3) is 0 Å². The van der Waals surface area contributed by atoms with E-state index in [1.165, 1.54) is 41.9 Å². The molecule has 0 aliphatic heterocycles. The second kappa shape index (κ2) is 15.3. The van der Waals surface area contributed by atoms with E-state index in [-0.39, 0.29) is 44.9 Å². The number of hydrogen-bond acceptors (Lipinski definition) is 7. The van der Waals surface area contributed by atoms with Gasteiger partial charge < -0.3 is 15.6 Å². The number of carbonyl (C=O) groups excluding carboxylic acids is 2. The predicted octanol–water partition coefficient (Wildman–Crippen LogP) is 9.25. The lowest BCUT2D eigenvalue weighted by Crippen LogP contribution is -2.53. The first-order valence-corrected chi connectivity index (χ1v) is 21.1. The van der Waals surface area contributed by atoms with Crippen molar-refractivity contribution in [3.63, 3.8) is 0 Å². The number of nitrogens with one attached hydrogen (secondary N) is 1. The van der Waals surface area contributed by atoms with Crippen molar-refractivity contribution in [3.8, 4) is 17.2 Å². The second-order valence-electron chi connectivity index (χ2n) is 16.3. The summed E-state index contributed by atoms with van der Waals surface area (Å²) in [5, 5.41) is 10.6. The molecule has 3 atom stereocenters. The lowest BCUT2D eigenvalue weighted by atomic mass is 9.50. The summed E-state index contributed by atoms with van der Waals surface area (Å²) in [5.74, 6) is 0.631. The quantitative estimate of drug-likeness (QED) is 0.101. The fraction of sp³-hybridized carbons (Fsp3) is 0.422. The highest BCUT2D eigenvalue weighted by Gasteiger charge is 2.51. The molecule has 3 aliphatic rings. The Balaban J connectivity index is 0.000000186. The lowest BCUT2D eigenvalue weighted by Gasteiger charge is -2.55. The van der Waals surface area contributed by atoms with Crippen LogP contribution in [0.3, 0.4) is 0 Å². The maximum Gasteiger partial charge on any atom is 0.208 e. The number of phenols is 1. The van der Waals surface area contributed by atoms with E-state index in [0.29, 0.717) is 35.3 Å². The Kier molecular flexibility index (Phi) is 11.1. The molecule has 4 aromatic rings. The van der Waals surface area contributed by atoms with Gasteiger partial charge in [0.2, 0.25) is 10.0 Å². The summed E-state index contributed by atoms with van der Waals surface area (Å²) in [6.07, 6.45) is 9.88. The number of aryl methyl sites for hydroxylation is 2. The molecule has 0 heterocycles. The fourth-order valence-corrected chi connectivity index (χ4v) is 9.71. The van der Waals surface area contributed by atoms with Crippen LogP contribution >= 0.6 is 0 Å². The SMILES string of the molecule is CC(C)c1ccc2c(c1)CCC1C(C)(CNS(C)(=O)=O)CCCC21C.CCCCc1ccc2c(c1)C(=O)c1c(O)cc(Oc3ccccc3)c(N)c1C2=O. The Morgan fingerprint density at radius 2 is 1.67 bits per heavy atom. The molecule has 3 aliphatic carbocycles. The summed E-state index contributed by atoms with van der Waals surface area (Å²) < 4.78 is 31.8. The molecule has 0 bridgehead atoms. The van der Waals surface area contributed by atoms with Crippen molar-refractivity contribution in [2.75, 3.05) is 18.5 Å². The van der Waals surface area contributed by atoms with Crippen molar-refractivity contribution in [3.05, 3.63) is 117 Å².